The van der Waals surface area contributed by atoms with Crippen LogP contribution in [0.25, 0.3) is 0 Å². The van der Waals surface area contributed by atoms with Gasteiger partial charge in [-0.3, -0.25) is 0 Å². The van der Waals surface area contributed by atoms with E-state index >= 15 is 0 Å². The molecule has 0 fully saturated rings. The predicted octanol–water partition coefficient (Wildman–Crippen LogP) is 5.76. The minimum absolute atomic E-state index is 0.0452. The summed E-state index contributed by atoms with van der Waals surface area (Å²) in [6, 6.07) is 16.1. The molecule has 0 aliphatic rings. The molecule has 0 heterocycles. The van der Waals surface area contributed by atoms with Gasteiger partial charge in [0.1, 0.15) is 17.8 Å². The molecule has 0 atom stereocenters. The number of nitrogens with zero attached hydrogens (tertiary/aromatic N) is 1. The molecular weight excluding hydrogens is 422 g/mol. The standard InChI is InChI=1S/C26H33NO6/c1-25(2,3)32-22(28)21-14-12-19(13-15-21)16-17-27(24(30)33-26(4,5)6)23(29)31-18-20-10-8-7-9-11-20/h7-15H,16-18H2,1-6H3. The molecule has 178 valence electrons. The van der Waals surface area contributed by atoms with E-state index < -0.39 is 29.4 Å². The third-order valence-electron chi connectivity index (χ3n) is 4.25. The number of amides is 2. The quantitative estimate of drug-likeness (QED) is 0.407. The lowest BCUT2D eigenvalue weighted by Crippen LogP contribution is -2.42. The van der Waals surface area contributed by atoms with Crippen LogP contribution in [0.3, 0.4) is 0 Å². The van der Waals surface area contributed by atoms with Gasteiger partial charge in [-0.1, -0.05) is 42.5 Å². The van der Waals surface area contributed by atoms with Crippen molar-refractivity contribution in [3.63, 3.8) is 0 Å². The summed E-state index contributed by atoms with van der Waals surface area (Å²) in [6.45, 7) is 10.7. The molecule has 0 saturated carbocycles. The number of hydrogen-bond acceptors (Lipinski definition) is 6. The Morgan fingerprint density at radius 2 is 1.30 bits per heavy atom. The van der Waals surface area contributed by atoms with Gasteiger partial charge >= 0.3 is 18.2 Å². The van der Waals surface area contributed by atoms with E-state index in [0.717, 1.165) is 16.0 Å². The van der Waals surface area contributed by atoms with Gasteiger partial charge in [0.2, 0.25) is 0 Å². The van der Waals surface area contributed by atoms with Crippen LogP contribution in [0.15, 0.2) is 54.6 Å². The van der Waals surface area contributed by atoms with Crippen LogP contribution in [-0.2, 0) is 27.2 Å². The maximum Gasteiger partial charge on any atom is 0.419 e. The van der Waals surface area contributed by atoms with Crippen molar-refractivity contribution in [2.75, 3.05) is 6.54 Å². The second-order valence-electron chi connectivity index (χ2n) is 9.62. The normalized spacial score (nSPS) is 11.5. The number of rotatable bonds is 6. The van der Waals surface area contributed by atoms with E-state index in [4.69, 9.17) is 14.2 Å². The van der Waals surface area contributed by atoms with Gasteiger partial charge in [-0.15, -0.1) is 0 Å². The molecule has 0 aliphatic carbocycles. The molecule has 0 aliphatic heterocycles. The number of benzene rings is 2. The van der Waals surface area contributed by atoms with Crippen molar-refractivity contribution in [3.8, 4) is 0 Å². The van der Waals surface area contributed by atoms with Gasteiger partial charge in [0, 0.05) is 6.54 Å². The first kappa shape index (κ1) is 25.9. The van der Waals surface area contributed by atoms with Crippen LogP contribution in [0.2, 0.25) is 0 Å². The average molecular weight is 456 g/mol. The van der Waals surface area contributed by atoms with Crippen molar-refractivity contribution in [2.45, 2.75) is 65.8 Å². The molecule has 0 radical (unpaired) electrons. The Labute approximate surface area is 195 Å². The fourth-order valence-electron chi connectivity index (χ4n) is 2.76. The maximum atomic E-state index is 12.7. The Morgan fingerprint density at radius 3 is 1.85 bits per heavy atom. The second kappa shape index (κ2) is 11.0. The molecule has 2 rings (SSSR count). The van der Waals surface area contributed by atoms with Gasteiger partial charge in [-0.05, 0) is 71.2 Å². The van der Waals surface area contributed by atoms with Crippen LogP contribution in [-0.4, -0.2) is 40.8 Å². The SMILES string of the molecule is CC(C)(C)OC(=O)c1ccc(CCN(C(=O)OCc2ccccc2)C(=O)OC(C)(C)C)cc1. The minimum Gasteiger partial charge on any atom is -0.456 e. The summed E-state index contributed by atoms with van der Waals surface area (Å²) in [5.74, 6) is -0.408. The van der Waals surface area contributed by atoms with E-state index in [0.29, 0.717) is 12.0 Å². The van der Waals surface area contributed by atoms with E-state index in [-0.39, 0.29) is 13.2 Å². The van der Waals surface area contributed by atoms with Crippen molar-refractivity contribution in [2.24, 2.45) is 0 Å². The Balaban J connectivity index is 2.05. The summed E-state index contributed by atoms with van der Waals surface area (Å²) in [7, 11) is 0. The number of carbonyl (C=O) groups is 3. The van der Waals surface area contributed by atoms with Crippen LogP contribution in [0.4, 0.5) is 9.59 Å². The Bertz CT molecular complexity index is 939. The monoisotopic (exact) mass is 455 g/mol. The van der Waals surface area contributed by atoms with Gasteiger partial charge in [-0.2, -0.15) is 0 Å². The fraction of sp³-hybridized carbons (Fsp3) is 0.423. The first-order chi connectivity index (χ1) is 15.3. The van der Waals surface area contributed by atoms with Crippen LogP contribution >= 0.6 is 0 Å². The first-order valence-corrected chi connectivity index (χ1v) is 10.9. The van der Waals surface area contributed by atoms with E-state index in [1.807, 2.05) is 30.3 Å². The van der Waals surface area contributed by atoms with Gasteiger partial charge in [0.05, 0.1) is 5.56 Å². The lowest BCUT2D eigenvalue weighted by Gasteiger charge is -2.25. The molecule has 7 heteroatoms. The number of hydrogen-bond donors (Lipinski definition) is 0. The summed E-state index contributed by atoms with van der Waals surface area (Å²) >= 11 is 0. The molecule has 0 aromatic heterocycles. The zero-order valence-electron chi connectivity index (χ0n) is 20.2. The molecule has 0 N–H and O–H groups in total. The fourth-order valence-corrected chi connectivity index (χ4v) is 2.76. The third kappa shape index (κ3) is 9.35. The predicted molar refractivity (Wildman–Crippen MR) is 125 cm³/mol. The lowest BCUT2D eigenvalue weighted by molar-refractivity contribution is 0.00683. The number of imide groups is 1. The third-order valence-corrected chi connectivity index (χ3v) is 4.25. The van der Waals surface area contributed by atoms with E-state index in [2.05, 4.69) is 0 Å². The molecule has 2 aromatic rings. The molecule has 2 amide bonds. The Morgan fingerprint density at radius 1 is 0.727 bits per heavy atom. The molecule has 0 saturated heterocycles. The summed E-state index contributed by atoms with van der Waals surface area (Å²) in [5, 5.41) is 0. The van der Waals surface area contributed by atoms with Crippen molar-refractivity contribution in [1.82, 2.24) is 4.90 Å². The molecular formula is C26H33NO6. The van der Waals surface area contributed by atoms with Crippen LogP contribution < -0.4 is 0 Å². The smallest absolute Gasteiger partial charge is 0.419 e. The number of esters is 1. The number of ether oxygens (including phenoxy) is 3. The van der Waals surface area contributed by atoms with Gasteiger partial charge in [-0.25, -0.2) is 19.3 Å². The zero-order valence-corrected chi connectivity index (χ0v) is 20.2. The van der Waals surface area contributed by atoms with Gasteiger partial charge in [0.25, 0.3) is 0 Å². The molecule has 33 heavy (non-hydrogen) atoms. The molecule has 2 aromatic carbocycles. The van der Waals surface area contributed by atoms with Crippen molar-refractivity contribution in [1.29, 1.82) is 0 Å². The van der Waals surface area contributed by atoms with Crippen LogP contribution in [0.1, 0.15) is 63.0 Å². The molecule has 0 spiro atoms. The van der Waals surface area contributed by atoms with Crippen molar-refractivity contribution < 1.29 is 28.6 Å². The van der Waals surface area contributed by atoms with Crippen LogP contribution in [0, 0.1) is 0 Å². The highest BCUT2D eigenvalue weighted by molar-refractivity contribution is 5.90. The summed E-state index contributed by atoms with van der Waals surface area (Å²) in [6.07, 6.45) is -1.18. The van der Waals surface area contributed by atoms with Gasteiger partial charge in [0.15, 0.2) is 0 Å². The summed E-state index contributed by atoms with van der Waals surface area (Å²) in [4.78, 5) is 38.5. The van der Waals surface area contributed by atoms with E-state index in [1.165, 1.54) is 0 Å². The largest absolute Gasteiger partial charge is 0.456 e. The summed E-state index contributed by atoms with van der Waals surface area (Å²) < 4.78 is 16.1. The highest BCUT2D eigenvalue weighted by atomic mass is 16.6. The van der Waals surface area contributed by atoms with Crippen LogP contribution in [0.5, 0.6) is 0 Å². The van der Waals surface area contributed by atoms with Crippen molar-refractivity contribution >= 4 is 18.2 Å². The second-order valence-corrected chi connectivity index (χ2v) is 9.62. The highest BCUT2D eigenvalue weighted by Gasteiger charge is 2.28. The zero-order chi connectivity index (χ0) is 24.6. The van der Waals surface area contributed by atoms with E-state index in [9.17, 15) is 14.4 Å². The summed E-state index contributed by atoms with van der Waals surface area (Å²) in [5.41, 5.74) is 0.743. The Kier molecular flexibility index (Phi) is 8.63. The minimum atomic E-state index is -0.779. The van der Waals surface area contributed by atoms with Crippen molar-refractivity contribution in [3.05, 3.63) is 71.3 Å². The lowest BCUT2D eigenvalue weighted by atomic mass is 10.1. The molecule has 0 bridgehead atoms. The first-order valence-electron chi connectivity index (χ1n) is 10.9. The Hall–Kier alpha value is -3.35. The topological polar surface area (TPSA) is 82.1 Å². The molecule has 0 unspecified atom stereocenters. The number of carbonyl (C=O) groups excluding carboxylic acids is 3. The van der Waals surface area contributed by atoms with Gasteiger partial charge < -0.3 is 14.2 Å². The highest BCUT2D eigenvalue weighted by Crippen LogP contribution is 2.15. The maximum absolute atomic E-state index is 12.7. The average Bonchev–Trinajstić information content (AvgIpc) is 2.71. The molecule has 7 nitrogen and oxygen atoms in total. The van der Waals surface area contributed by atoms with E-state index in [1.54, 1.807) is 65.8 Å².